The molecule has 1 amide bonds. The molecule has 7 heteroatoms. The molecule has 4 rings (SSSR count). The van der Waals surface area contributed by atoms with E-state index in [1.807, 2.05) is 30.3 Å². The lowest BCUT2D eigenvalue weighted by Crippen LogP contribution is -2.49. The van der Waals surface area contributed by atoms with Crippen LogP contribution in [-0.4, -0.2) is 46.8 Å². The molecule has 3 aromatic rings. The predicted molar refractivity (Wildman–Crippen MR) is 101 cm³/mol. The van der Waals surface area contributed by atoms with Crippen molar-refractivity contribution in [1.82, 2.24) is 20.5 Å². The predicted octanol–water partition coefficient (Wildman–Crippen LogP) is 1.59. The molecule has 0 radical (unpaired) electrons. The summed E-state index contributed by atoms with van der Waals surface area (Å²) in [7, 11) is 0. The van der Waals surface area contributed by atoms with Crippen LogP contribution >= 0.6 is 0 Å². The Morgan fingerprint density at radius 1 is 1.23 bits per heavy atom. The number of aromatic nitrogens is 3. The SMILES string of the molecule is C[C@H]1CN(c2ccc(C(N)=O)c3nnc(-c4ccccn4)cc23)CCN1. The van der Waals surface area contributed by atoms with Crippen LogP contribution in [0.4, 0.5) is 5.69 Å². The monoisotopic (exact) mass is 348 g/mol. The summed E-state index contributed by atoms with van der Waals surface area (Å²) < 4.78 is 0. The highest BCUT2D eigenvalue weighted by molar-refractivity contribution is 6.08. The fourth-order valence-electron chi connectivity index (χ4n) is 3.38. The second kappa shape index (κ2) is 6.68. The van der Waals surface area contributed by atoms with Crippen LogP contribution in [0.3, 0.4) is 0 Å². The zero-order valence-corrected chi connectivity index (χ0v) is 14.5. The zero-order chi connectivity index (χ0) is 18.1. The Labute approximate surface area is 151 Å². The molecule has 1 aromatic carbocycles. The van der Waals surface area contributed by atoms with Gasteiger partial charge in [-0.2, -0.15) is 0 Å². The van der Waals surface area contributed by atoms with Crippen molar-refractivity contribution in [3.8, 4) is 11.4 Å². The lowest BCUT2D eigenvalue weighted by Gasteiger charge is -2.34. The number of amides is 1. The van der Waals surface area contributed by atoms with Gasteiger partial charge in [0, 0.05) is 42.9 Å². The molecule has 132 valence electrons. The highest BCUT2D eigenvalue weighted by Crippen LogP contribution is 2.31. The standard InChI is InChI=1S/C19H20N6O/c1-12-11-25(9-8-21-12)17-6-5-13(19(20)26)18-14(17)10-16(23-24-18)15-4-2-3-7-22-15/h2-7,10,12,21H,8-9,11H2,1H3,(H2,20,26)/t12-/m0/s1. The zero-order valence-electron chi connectivity index (χ0n) is 14.5. The van der Waals surface area contributed by atoms with Crippen LogP contribution in [0.2, 0.25) is 0 Å². The third kappa shape index (κ3) is 2.97. The van der Waals surface area contributed by atoms with Crippen molar-refractivity contribution < 1.29 is 4.79 Å². The van der Waals surface area contributed by atoms with E-state index in [0.29, 0.717) is 22.8 Å². The number of nitrogens with two attached hydrogens (primary N) is 1. The van der Waals surface area contributed by atoms with Crippen molar-refractivity contribution in [1.29, 1.82) is 0 Å². The average molecular weight is 348 g/mol. The lowest BCUT2D eigenvalue weighted by atomic mass is 10.0. The third-order valence-corrected chi connectivity index (χ3v) is 4.64. The van der Waals surface area contributed by atoms with Gasteiger partial charge >= 0.3 is 0 Å². The Morgan fingerprint density at radius 3 is 2.85 bits per heavy atom. The molecule has 3 N–H and O–H groups in total. The largest absolute Gasteiger partial charge is 0.368 e. The number of fused-ring (bicyclic) bond motifs is 1. The molecule has 1 aliphatic rings. The molecular formula is C19H20N6O. The van der Waals surface area contributed by atoms with Gasteiger partial charge in [0.05, 0.1) is 11.3 Å². The van der Waals surface area contributed by atoms with Gasteiger partial charge in [-0.3, -0.25) is 9.78 Å². The third-order valence-electron chi connectivity index (χ3n) is 4.64. The van der Waals surface area contributed by atoms with E-state index in [2.05, 4.69) is 32.3 Å². The van der Waals surface area contributed by atoms with Gasteiger partial charge in [-0.25, -0.2) is 0 Å². The van der Waals surface area contributed by atoms with Gasteiger partial charge in [0.2, 0.25) is 0 Å². The minimum Gasteiger partial charge on any atom is -0.368 e. The molecule has 0 spiro atoms. The molecule has 26 heavy (non-hydrogen) atoms. The van der Waals surface area contributed by atoms with E-state index in [0.717, 1.165) is 36.4 Å². The van der Waals surface area contributed by atoms with Crippen molar-refractivity contribution in [2.45, 2.75) is 13.0 Å². The molecule has 1 saturated heterocycles. The van der Waals surface area contributed by atoms with E-state index in [1.165, 1.54) is 0 Å². The van der Waals surface area contributed by atoms with E-state index >= 15 is 0 Å². The number of pyridine rings is 1. The van der Waals surface area contributed by atoms with Crippen LogP contribution in [0.5, 0.6) is 0 Å². The topological polar surface area (TPSA) is 97.0 Å². The van der Waals surface area contributed by atoms with Gasteiger partial charge in [0.25, 0.3) is 5.91 Å². The number of hydrogen-bond donors (Lipinski definition) is 2. The number of carbonyl (C=O) groups excluding carboxylic acids is 1. The molecule has 1 fully saturated rings. The number of carbonyl (C=O) groups is 1. The van der Waals surface area contributed by atoms with E-state index in [4.69, 9.17) is 5.73 Å². The Bertz CT molecular complexity index is 959. The van der Waals surface area contributed by atoms with E-state index in [-0.39, 0.29) is 0 Å². The minimum atomic E-state index is -0.505. The normalized spacial score (nSPS) is 17.4. The number of benzene rings is 1. The second-order valence-corrected chi connectivity index (χ2v) is 6.50. The minimum absolute atomic E-state index is 0.381. The molecule has 1 atom stereocenters. The first kappa shape index (κ1) is 16.4. The van der Waals surface area contributed by atoms with Gasteiger partial charge in [0.1, 0.15) is 11.2 Å². The molecule has 0 unspecified atom stereocenters. The highest BCUT2D eigenvalue weighted by atomic mass is 16.1. The van der Waals surface area contributed by atoms with Crippen LogP contribution < -0.4 is 16.0 Å². The maximum atomic E-state index is 11.8. The number of hydrogen-bond acceptors (Lipinski definition) is 6. The molecule has 7 nitrogen and oxygen atoms in total. The summed E-state index contributed by atoms with van der Waals surface area (Å²) in [6.07, 6.45) is 1.72. The summed E-state index contributed by atoms with van der Waals surface area (Å²) in [6.45, 7) is 4.83. The summed E-state index contributed by atoms with van der Waals surface area (Å²) in [5.74, 6) is -0.505. The van der Waals surface area contributed by atoms with Crippen LogP contribution in [0.15, 0.2) is 42.6 Å². The number of rotatable bonds is 3. The van der Waals surface area contributed by atoms with Gasteiger partial charge in [0.15, 0.2) is 0 Å². The van der Waals surface area contributed by atoms with E-state index in [9.17, 15) is 4.79 Å². The smallest absolute Gasteiger partial charge is 0.250 e. The van der Waals surface area contributed by atoms with Crippen molar-refractivity contribution in [2.75, 3.05) is 24.5 Å². The molecule has 0 bridgehead atoms. The average Bonchev–Trinajstić information content (AvgIpc) is 2.67. The van der Waals surface area contributed by atoms with E-state index in [1.54, 1.807) is 12.3 Å². The Hall–Kier alpha value is -3.06. The number of primary amides is 1. The Kier molecular flexibility index (Phi) is 4.22. The van der Waals surface area contributed by atoms with Gasteiger partial charge < -0.3 is 16.0 Å². The number of anilines is 1. The fraction of sp³-hybridized carbons (Fsp3) is 0.263. The van der Waals surface area contributed by atoms with Crippen LogP contribution in [0, 0.1) is 0 Å². The molecule has 3 heterocycles. The highest BCUT2D eigenvalue weighted by Gasteiger charge is 2.21. The molecule has 1 aliphatic heterocycles. The van der Waals surface area contributed by atoms with Crippen LogP contribution in [0.1, 0.15) is 17.3 Å². The van der Waals surface area contributed by atoms with Crippen LogP contribution in [0.25, 0.3) is 22.3 Å². The molecule has 2 aromatic heterocycles. The van der Waals surface area contributed by atoms with E-state index < -0.39 is 5.91 Å². The fourth-order valence-corrected chi connectivity index (χ4v) is 3.38. The Balaban J connectivity index is 1.90. The summed E-state index contributed by atoms with van der Waals surface area (Å²) >= 11 is 0. The Morgan fingerprint density at radius 2 is 2.12 bits per heavy atom. The van der Waals surface area contributed by atoms with Gasteiger partial charge in [-0.15, -0.1) is 10.2 Å². The number of piperazine rings is 1. The summed E-state index contributed by atoms with van der Waals surface area (Å²) in [5, 5.41) is 12.9. The maximum absolute atomic E-state index is 11.8. The summed E-state index contributed by atoms with van der Waals surface area (Å²) in [5.41, 5.74) is 8.89. The lowest BCUT2D eigenvalue weighted by molar-refractivity contribution is 0.100. The van der Waals surface area contributed by atoms with Crippen molar-refractivity contribution in [3.63, 3.8) is 0 Å². The molecular weight excluding hydrogens is 328 g/mol. The first-order valence-corrected chi connectivity index (χ1v) is 8.63. The molecule has 0 saturated carbocycles. The number of nitrogens with one attached hydrogen (secondary N) is 1. The van der Waals surface area contributed by atoms with Gasteiger partial charge in [-0.1, -0.05) is 6.07 Å². The first-order chi connectivity index (χ1) is 12.6. The van der Waals surface area contributed by atoms with Crippen molar-refractivity contribution in [3.05, 3.63) is 48.2 Å². The quantitative estimate of drug-likeness (QED) is 0.746. The maximum Gasteiger partial charge on any atom is 0.250 e. The second-order valence-electron chi connectivity index (χ2n) is 6.50. The van der Waals surface area contributed by atoms with Crippen molar-refractivity contribution >= 4 is 22.5 Å². The van der Waals surface area contributed by atoms with Gasteiger partial charge in [-0.05, 0) is 37.3 Å². The number of nitrogens with zero attached hydrogens (tertiary/aromatic N) is 4. The summed E-state index contributed by atoms with van der Waals surface area (Å²) in [6, 6.07) is 11.7. The molecule has 0 aliphatic carbocycles. The van der Waals surface area contributed by atoms with Crippen LogP contribution in [-0.2, 0) is 0 Å². The summed E-state index contributed by atoms with van der Waals surface area (Å²) in [4.78, 5) is 18.5. The van der Waals surface area contributed by atoms with Crippen molar-refractivity contribution in [2.24, 2.45) is 5.73 Å². The first-order valence-electron chi connectivity index (χ1n) is 8.63.